The molecule has 4 heterocycles. The SMILES string of the molecule is Cc1cc(C(=O)Nc2nc3cccc(OC4CCNCC4)c3n2C2CCCCN(C(=O)OC(C)(C)C)C2)ccn1. The summed E-state index contributed by atoms with van der Waals surface area (Å²) in [4.78, 5) is 37.4. The van der Waals surface area contributed by atoms with Crippen molar-refractivity contribution in [3.63, 3.8) is 0 Å². The Morgan fingerprint density at radius 1 is 1.10 bits per heavy atom. The quantitative estimate of drug-likeness (QED) is 0.457. The molecule has 2 N–H and O–H groups in total. The summed E-state index contributed by atoms with van der Waals surface area (Å²) in [5.74, 6) is 0.914. The van der Waals surface area contributed by atoms with E-state index < -0.39 is 5.60 Å². The van der Waals surface area contributed by atoms with Gasteiger partial charge in [-0.3, -0.25) is 15.1 Å². The number of piperidine rings is 1. The number of carbonyl (C=O) groups excluding carboxylic acids is 2. The first-order valence-electron chi connectivity index (χ1n) is 14.3. The van der Waals surface area contributed by atoms with E-state index in [1.165, 1.54) is 0 Å². The predicted molar refractivity (Wildman–Crippen MR) is 154 cm³/mol. The number of nitrogens with zero attached hydrogens (tertiary/aromatic N) is 4. The third kappa shape index (κ3) is 6.55. The minimum absolute atomic E-state index is 0.0976. The monoisotopic (exact) mass is 548 g/mol. The summed E-state index contributed by atoms with van der Waals surface area (Å²) in [6.45, 7) is 10.4. The van der Waals surface area contributed by atoms with Crippen molar-refractivity contribution in [2.45, 2.75) is 77.5 Å². The first kappa shape index (κ1) is 27.9. The van der Waals surface area contributed by atoms with Gasteiger partial charge in [-0.15, -0.1) is 0 Å². The van der Waals surface area contributed by atoms with Crippen LogP contribution < -0.4 is 15.4 Å². The van der Waals surface area contributed by atoms with Crippen LogP contribution in [0.4, 0.5) is 10.7 Å². The van der Waals surface area contributed by atoms with Crippen molar-refractivity contribution in [2.24, 2.45) is 0 Å². The normalized spacial score (nSPS) is 18.8. The second-order valence-electron chi connectivity index (χ2n) is 11.7. The van der Waals surface area contributed by atoms with Crippen LogP contribution in [-0.2, 0) is 4.74 Å². The van der Waals surface area contributed by atoms with Gasteiger partial charge in [0.25, 0.3) is 5.91 Å². The number of imidazole rings is 1. The first-order valence-corrected chi connectivity index (χ1v) is 14.3. The molecule has 2 saturated heterocycles. The lowest BCUT2D eigenvalue weighted by molar-refractivity contribution is 0.0238. The molecule has 214 valence electrons. The minimum Gasteiger partial charge on any atom is -0.488 e. The third-order valence-electron chi connectivity index (χ3n) is 7.30. The Hall–Kier alpha value is -3.66. The largest absolute Gasteiger partial charge is 0.488 e. The highest BCUT2D eigenvalue weighted by Gasteiger charge is 2.31. The topological polar surface area (TPSA) is 111 Å². The Morgan fingerprint density at radius 2 is 1.90 bits per heavy atom. The molecule has 1 unspecified atom stereocenters. The minimum atomic E-state index is -0.585. The Bertz CT molecular complexity index is 1360. The van der Waals surface area contributed by atoms with E-state index in [-0.39, 0.29) is 24.1 Å². The van der Waals surface area contributed by atoms with Crippen LogP contribution in [0.3, 0.4) is 0 Å². The second kappa shape index (κ2) is 11.8. The maximum absolute atomic E-state index is 13.4. The van der Waals surface area contributed by atoms with Crippen molar-refractivity contribution >= 4 is 29.0 Å². The highest BCUT2D eigenvalue weighted by atomic mass is 16.6. The maximum atomic E-state index is 13.4. The van der Waals surface area contributed by atoms with Crippen LogP contribution in [0, 0.1) is 6.92 Å². The zero-order valence-electron chi connectivity index (χ0n) is 23.9. The molecular formula is C30H40N6O4. The number of pyridine rings is 1. The highest BCUT2D eigenvalue weighted by molar-refractivity contribution is 6.04. The number of benzene rings is 1. The summed E-state index contributed by atoms with van der Waals surface area (Å²) in [7, 11) is 0. The van der Waals surface area contributed by atoms with Crippen LogP contribution in [0.1, 0.15) is 75.0 Å². The third-order valence-corrected chi connectivity index (χ3v) is 7.30. The van der Waals surface area contributed by atoms with E-state index >= 15 is 0 Å². The number of hydrogen-bond donors (Lipinski definition) is 2. The highest BCUT2D eigenvalue weighted by Crippen LogP contribution is 2.36. The number of carbonyl (C=O) groups is 2. The van der Waals surface area contributed by atoms with Gasteiger partial charge in [0.1, 0.15) is 23.0 Å². The summed E-state index contributed by atoms with van der Waals surface area (Å²) in [5, 5.41) is 6.44. The van der Waals surface area contributed by atoms with Crippen LogP contribution in [-0.4, -0.2) is 69.3 Å². The van der Waals surface area contributed by atoms with Gasteiger partial charge in [0.05, 0.1) is 11.6 Å². The van der Waals surface area contributed by atoms with Gasteiger partial charge in [-0.25, -0.2) is 9.78 Å². The van der Waals surface area contributed by atoms with Gasteiger partial charge in [-0.05, 0) is 97.2 Å². The Labute approximate surface area is 235 Å². The lowest BCUT2D eigenvalue weighted by Gasteiger charge is -2.30. The molecule has 0 spiro atoms. The van der Waals surface area contributed by atoms with Crippen LogP contribution in [0.25, 0.3) is 11.0 Å². The molecule has 2 aliphatic rings. The smallest absolute Gasteiger partial charge is 0.410 e. The maximum Gasteiger partial charge on any atom is 0.410 e. The number of aromatic nitrogens is 3. The van der Waals surface area contributed by atoms with Crippen LogP contribution in [0.2, 0.25) is 0 Å². The molecule has 40 heavy (non-hydrogen) atoms. The Morgan fingerprint density at radius 3 is 2.65 bits per heavy atom. The van der Waals surface area contributed by atoms with Gasteiger partial charge >= 0.3 is 6.09 Å². The van der Waals surface area contributed by atoms with Gasteiger partial charge in [0.2, 0.25) is 5.95 Å². The number of fused-ring (bicyclic) bond motifs is 1. The van der Waals surface area contributed by atoms with Gasteiger partial charge in [-0.2, -0.15) is 0 Å². The molecule has 2 fully saturated rings. The molecule has 0 saturated carbocycles. The van der Waals surface area contributed by atoms with E-state index in [0.29, 0.717) is 24.6 Å². The Balaban J connectivity index is 1.55. The standard InChI is InChI=1S/C30H40N6O4/c1-20-18-21(11-16-32-20)27(37)34-28-33-24-9-7-10-25(39-23-12-14-31-15-13-23)26(24)36(28)22-8-5-6-17-35(19-22)29(38)40-30(2,3)4/h7,9-11,16,18,22-23,31H,5-6,8,12-15,17,19H2,1-4H3,(H,33,34,37). The average molecular weight is 549 g/mol. The van der Waals surface area contributed by atoms with Crippen LogP contribution >= 0.6 is 0 Å². The summed E-state index contributed by atoms with van der Waals surface area (Å²) in [5.41, 5.74) is 2.25. The lowest BCUT2D eigenvalue weighted by Crippen LogP contribution is -2.39. The fraction of sp³-hybridized carbons (Fsp3) is 0.533. The molecular weight excluding hydrogens is 508 g/mol. The van der Waals surface area contributed by atoms with Gasteiger partial charge < -0.3 is 24.3 Å². The van der Waals surface area contributed by atoms with Crippen LogP contribution in [0.15, 0.2) is 36.5 Å². The van der Waals surface area contributed by atoms with Crippen molar-refractivity contribution in [1.82, 2.24) is 24.8 Å². The molecule has 0 radical (unpaired) electrons. The predicted octanol–water partition coefficient (Wildman–Crippen LogP) is 5.08. The number of likely N-dealkylation sites (tertiary alicyclic amines) is 1. The van der Waals surface area contributed by atoms with E-state index in [4.69, 9.17) is 14.5 Å². The second-order valence-corrected chi connectivity index (χ2v) is 11.7. The number of nitrogens with one attached hydrogen (secondary N) is 2. The molecule has 2 amide bonds. The van der Waals surface area contributed by atoms with Gasteiger partial charge in [0.15, 0.2) is 0 Å². The zero-order valence-corrected chi connectivity index (χ0v) is 23.9. The van der Waals surface area contributed by atoms with Crippen molar-refractivity contribution in [3.05, 3.63) is 47.8 Å². The number of amides is 2. The molecule has 3 aromatic rings. The van der Waals surface area contributed by atoms with E-state index in [2.05, 4.69) is 20.2 Å². The molecule has 0 bridgehead atoms. The first-order chi connectivity index (χ1) is 19.2. The molecule has 2 aliphatic heterocycles. The number of ether oxygens (including phenoxy) is 2. The van der Waals surface area contributed by atoms with Crippen molar-refractivity contribution in [3.8, 4) is 5.75 Å². The van der Waals surface area contributed by atoms with E-state index in [1.54, 1.807) is 23.2 Å². The molecule has 10 heteroatoms. The summed E-state index contributed by atoms with van der Waals surface area (Å²) >= 11 is 0. The van der Waals surface area contributed by atoms with E-state index in [0.717, 1.165) is 67.7 Å². The number of anilines is 1. The molecule has 0 aliphatic carbocycles. The molecule has 1 aromatic carbocycles. The fourth-order valence-corrected chi connectivity index (χ4v) is 5.43. The number of aryl methyl sites for hydroxylation is 1. The molecule has 5 rings (SSSR count). The Kier molecular flexibility index (Phi) is 8.25. The van der Waals surface area contributed by atoms with E-state index in [9.17, 15) is 9.59 Å². The lowest BCUT2D eigenvalue weighted by atomic mass is 10.1. The zero-order chi connectivity index (χ0) is 28.3. The van der Waals surface area contributed by atoms with E-state index in [1.807, 2.05) is 45.9 Å². The molecule has 1 atom stereocenters. The average Bonchev–Trinajstić information content (AvgIpc) is 3.09. The van der Waals surface area contributed by atoms with Gasteiger partial charge in [0, 0.05) is 30.5 Å². The molecule has 2 aromatic heterocycles. The van der Waals surface area contributed by atoms with Gasteiger partial charge in [-0.1, -0.05) is 6.07 Å². The molecule has 10 nitrogen and oxygen atoms in total. The number of hydrogen-bond acceptors (Lipinski definition) is 7. The summed E-state index contributed by atoms with van der Waals surface area (Å²) in [6, 6.07) is 9.17. The van der Waals surface area contributed by atoms with Crippen molar-refractivity contribution < 1.29 is 19.1 Å². The number of rotatable bonds is 5. The van der Waals surface area contributed by atoms with Crippen molar-refractivity contribution in [2.75, 3.05) is 31.5 Å². The number of para-hydroxylation sites is 1. The van der Waals surface area contributed by atoms with Crippen LogP contribution in [0.5, 0.6) is 5.75 Å². The van der Waals surface area contributed by atoms with Crippen molar-refractivity contribution in [1.29, 1.82) is 0 Å². The fourth-order valence-electron chi connectivity index (χ4n) is 5.43. The summed E-state index contributed by atoms with van der Waals surface area (Å²) < 4.78 is 14.4. The summed E-state index contributed by atoms with van der Waals surface area (Å²) in [6.07, 6.45) is 5.87.